The molecule has 5 heteroatoms. The number of carbonyl (C=O) groups is 1. The number of rotatable bonds is 1. The van der Waals surface area contributed by atoms with Gasteiger partial charge in [0.1, 0.15) is 0 Å². The lowest BCUT2D eigenvalue weighted by Gasteiger charge is -2.04. The summed E-state index contributed by atoms with van der Waals surface area (Å²) in [5.74, 6) is 0.191. The Morgan fingerprint density at radius 2 is 2.44 bits per heavy atom. The summed E-state index contributed by atoms with van der Waals surface area (Å²) in [5, 5.41) is 1.78. The minimum absolute atomic E-state index is 0.191. The third-order valence-corrected chi connectivity index (χ3v) is 1.91. The topological polar surface area (TPSA) is 29.1 Å². The Morgan fingerprint density at radius 1 is 1.78 bits per heavy atom. The van der Waals surface area contributed by atoms with Crippen LogP contribution < -0.4 is 5.32 Å². The minimum atomic E-state index is -2.43. The summed E-state index contributed by atoms with van der Waals surface area (Å²) in [6.07, 6.45) is -2.43. The second-order valence-corrected chi connectivity index (χ2v) is 2.68. The van der Waals surface area contributed by atoms with Gasteiger partial charge in [0.25, 0.3) is 11.7 Å². The fourth-order valence-corrected chi connectivity index (χ4v) is 1.33. The molecule has 0 saturated carbocycles. The lowest BCUT2D eigenvalue weighted by atomic mass is 10.4. The second-order valence-electron chi connectivity index (χ2n) is 1.68. The fourth-order valence-electron chi connectivity index (χ4n) is 0.536. The van der Waals surface area contributed by atoms with E-state index < -0.39 is 12.5 Å². The smallest absolute Gasteiger partial charge is 0.279 e. The molecular weight excluding hydrogens is 148 g/mol. The maximum atomic E-state index is 11.7. The number of hydrogen-bond acceptors (Lipinski definition) is 2. The molecule has 0 aliphatic carbocycles. The Balaban J connectivity index is 2.39. The van der Waals surface area contributed by atoms with Crippen LogP contribution in [0.15, 0.2) is 0 Å². The van der Waals surface area contributed by atoms with Gasteiger partial charge in [-0.25, -0.2) is 8.78 Å². The third kappa shape index (κ3) is 1.54. The van der Waals surface area contributed by atoms with Crippen molar-refractivity contribution >= 4 is 17.0 Å². The fraction of sp³-hybridized carbons (Fsp3) is 0.750. The highest BCUT2D eigenvalue weighted by Gasteiger charge is 2.28. The molecule has 1 N–H and O–H groups in total. The van der Waals surface area contributed by atoms with Crippen LogP contribution in [0.3, 0.4) is 0 Å². The van der Waals surface area contributed by atoms with Crippen LogP contribution in [0.2, 0.25) is 0 Å². The number of hydrogen-bond donors (Lipinski definition) is 1. The van der Waals surface area contributed by atoms with Crippen molar-refractivity contribution in [1.82, 2.24) is 5.32 Å². The molecule has 52 valence electrons. The molecule has 2 nitrogen and oxygen atoms in total. The van der Waals surface area contributed by atoms with Crippen molar-refractivity contribution in [1.29, 1.82) is 0 Å². The molecular formula is C4H5F2NOS. The molecule has 0 radical (unpaired) electrons. The zero-order valence-corrected chi connectivity index (χ0v) is 5.25. The number of amides is 1. The average molecular weight is 153 g/mol. The van der Waals surface area contributed by atoms with Crippen molar-refractivity contribution in [3.05, 3.63) is 0 Å². The monoisotopic (exact) mass is 153 g/mol. The zero-order valence-electron chi connectivity index (χ0n) is 4.43. The summed E-state index contributed by atoms with van der Waals surface area (Å²) in [4.78, 5) is 10.3. The van der Waals surface area contributed by atoms with E-state index in [4.69, 9.17) is 0 Å². The second kappa shape index (κ2) is 2.51. The highest BCUT2D eigenvalue weighted by atomic mass is 32.2. The van der Waals surface area contributed by atoms with Gasteiger partial charge < -0.3 is 5.32 Å². The van der Waals surface area contributed by atoms with Crippen LogP contribution in [-0.2, 0) is 0 Å². The van der Waals surface area contributed by atoms with E-state index in [0.29, 0.717) is 0 Å². The first kappa shape index (κ1) is 6.80. The molecule has 1 heterocycles. The van der Waals surface area contributed by atoms with Gasteiger partial charge in [0.15, 0.2) is 0 Å². The number of alkyl halides is 2. The van der Waals surface area contributed by atoms with Gasteiger partial charge >= 0.3 is 0 Å². The van der Waals surface area contributed by atoms with Crippen molar-refractivity contribution in [2.24, 2.45) is 0 Å². The van der Waals surface area contributed by atoms with Gasteiger partial charge in [-0.1, -0.05) is 11.8 Å². The SMILES string of the molecule is O=C1N[C@@H](C(F)F)CS1. The van der Waals surface area contributed by atoms with Crippen LogP contribution >= 0.6 is 11.8 Å². The number of nitrogens with one attached hydrogen (secondary N) is 1. The van der Waals surface area contributed by atoms with Gasteiger partial charge in [-0.2, -0.15) is 0 Å². The first-order valence-corrected chi connectivity index (χ1v) is 3.40. The van der Waals surface area contributed by atoms with Gasteiger partial charge in [0.05, 0.1) is 6.04 Å². The van der Waals surface area contributed by atoms with E-state index in [1.165, 1.54) is 0 Å². The first-order chi connectivity index (χ1) is 4.20. The summed E-state index contributed by atoms with van der Waals surface area (Å²) in [6.45, 7) is 0. The van der Waals surface area contributed by atoms with Gasteiger partial charge in [-0.3, -0.25) is 4.79 Å². The molecule has 0 aromatic carbocycles. The molecule has 1 fully saturated rings. The number of halogens is 2. The lowest BCUT2D eigenvalue weighted by molar-refractivity contribution is 0.115. The Kier molecular flexibility index (Phi) is 1.90. The Hall–Kier alpha value is -0.320. The average Bonchev–Trinajstić information content (AvgIpc) is 2.14. The van der Waals surface area contributed by atoms with Gasteiger partial charge in [0, 0.05) is 5.75 Å². The molecule has 1 rings (SSSR count). The molecule has 0 unspecified atom stereocenters. The normalized spacial score (nSPS) is 27.0. The molecule has 0 aromatic rings. The van der Waals surface area contributed by atoms with E-state index in [1.54, 1.807) is 0 Å². The molecule has 1 amide bonds. The Morgan fingerprint density at radius 3 is 2.67 bits per heavy atom. The summed E-state index contributed by atoms with van der Waals surface area (Å²) in [7, 11) is 0. The molecule has 0 bridgehead atoms. The highest BCUT2D eigenvalue weighted by molar-refractivity contribution is 8.13. The van der Waals surface area contributed by atoms with Crippen LogP contribution in [0.5, 0.6) is 0 Å². The van der Waals surface area contributed by atoms with Crippen molar-refractivity contribution in [2.45, 2.75) is 12.5 Å². The van der Waals surface area contributed by atoms with Crippen LogP contribution in [0.1, 0.15) is 0 Å². The van der Waals surface area contributed by atoms with E-state index in [-0.39, 0.29) is 11.0 Å². The summed E-state index contributed by atoms with van der Waals surface area (Å²) in [6, 6.07) is -0.928. The molecule has 0 aromatic heterocycles. The molecule has 9 heavy (non-hydrogen) atoms. The van der Waals surface area contributed by atoms with Gasteiger partial charge in [-0.05, 0) is 0 Å². The number of carbonyl (C=O) groups excluding carboxylic acids is 1. The van der Waals surface area contributed by atoms with Crippen LogP contribution in [0.25, 0.3) is 0 Å². The van der Waals surface area contributed by atoms with Crippen LogP contribution in [0.4, 0.5) is 13.6 Å². The van der Waals surface area contributed by atoms with E-state index in [0.717, 1.165) is 11.8 Å². The highest BCUT2D eigenvalue weighted by Crippen LogP contribution is 2.17. The van der Waals surface area contributed by atoms with E-state index in [2.05, 4.69) is 5.32 Å². The molecule has 1 aliphatic rings. The summed E-state index contributed by atoms with van der Waals surface area (Å²) < 4.78 is 23.4. The van der Waals surface area contributed by atoms with Gasteiger partial charge in [-0.15, -0.1) is 0 Å². The number of thioether (sulfide) groups is 1. The predicted molar refractivity (Wildman–Crippen MR) is 30.8 cm³/mol. The standard InChI is InChI=1S/C4H5F2NOS/c5-3(6)2-1-9-4(8)7-2/h2-3H,1H2,(H,7,8)/t2-/m1/s1. The summed E-state index contributed by atoms with van der Waals surface area (Å²) in [5.41, 5.74) is 0. The van der Waals surface area contributed by atoms with Crippen molar-refractivity contribution in [3.8, 4) is 0 Å². The summed E-state index contributed by atoms with van der Waals surface area (Å²) >= 11 is 0.904. The van der Waals surface area contributed by atoms with Crippen LogP contribution in [0, 0.1) is 0 Å². The Labute approximate surface area is 55.0 Å². The van der Waals surface area contributed by atoms with Crippen molar-refractivity contribution in [2.75, 3.05) is 5.75 Å². The van der Waals surface area contributed by atoms with E-state index >= 15 is 0 Å². The molecule has 1 saturated heterocycles. The van der Waals surface area contributed by atoms with E-state index in [9.17, 15) is 13.6 Å². The van der Waals surface area contributed by atoms with Crippen molar-refractivity contribution < 1.29 is 13.6 Å². The largest absolute Gasteiger partial charge is 0.338 e. The maximum absolute atomic E-state index is 11.7. The lowest BCUT2D eigenvalue weighted by Crippen LogP contribution is -2.32. The minimum Gasteiger partial charge on any atom is -0.338 e. The predicted octanol–water partition coefficient (Wildman–Crippen LogP) is 1.08. The van der Waals surface area contributed by atoms with Gasteiger partial charge in [0.2, 0.25) is 0 Å². The Bertz CT molecular complexity index is 130. The van der Waals surface area contributed by atoms with Crippen molar-refractivity contribution in [3.63, 3.8) is 0 Å². The molecule has 1 atom stereocenters. The first-order valence-electron chi connectivity index (χ1n) is 2.41. The van der Waals surface area contributed by atoms with E-state index in [1.807, 2.05) is 0 Å². The quantitative estimate of drug-likeness (QED) is 0.610. The maximum Gasteiger partial charge on any atom is 0.279 e. The zero-order chi connectivity index (χ0) is 6.85. The van der Waals surface area contributed by atoms with Crippen LogP contribution in [-0.4, -0.2) is 23.5 Å². The third-order valence-electron chi connectivity index (χ3n) is 1.00. The molecule has 0 spiro atoms. The molecule has 1 aliphatic heterocycles.